The molecule has 0 aromatic heterocycles. The Kier molecular flexibility index (Phi) is 3.78. The number of methoxy groups -OCH3 is 1. The summed E-state index contributed by atoms with van der Waals surface area (Å²) >= 11 is 0. The quantitative estimate of drug-likeness (QED) is 0.849. The fraction of sp³-hybridized carbons (Fsp3) is 0.538. The number of ether oxygens (including phenoxy) is 1. The predicted octanol–water partition coefficient (Wildman–Crippen LogP) is 3.20. The first-order valence-electron chi connectivity index (χ1n) is 5.85. The van der Waals surface area contributed by atoms with Crippen molar-refractivity contribution in [2.45, 2.75) is 37.8 Å². The summed E-state index contributed by atoms with van der Waals surface area (Å²) in [4.78, 5) is 0. The van der Waals surface area contributed by atoms with Crippen molar-refractivity contribution < 1.29 is 9.13 Å². The average Bonchev–Trinajstić information content (AvgIpc) is 2.33. The molecule has 1 aromatic rings. The molecule has 3 heteroatoms. The molecule has 88 valence electrons. The van der Waals surface area contributed by atoms with E-state index in [4.69, 9.17) is 4.74 Å². The zero-order valence-corrected chi connectivity index (χ0v) is 9.58. The van der Waals surface area contributed by atoms with Crippen LogP contribution in [0.4, 0.5) is 10.1 Å². The van der Waals surface area contributed by atoms with Crippen LogP contribution in [0.1, 0.15) is 25.7 Å². The van der Waals surface area contributed by atoms with E-state index in [9.17, 15) is 4.39 Å². The van der Waals surface area contributed by atoms with Gasteiger partial charge in [0.15, 0.2) is 0 Å². The zero-order chi connectivity index (χ0) is 11.4. The number of halogens is 1. The zero-order valence-electron chi connectivity index (χ0n) is 9.58. The molecule has 2 atom stereocenters. The van der Waals surface area contributed by atoms with Gasteiger partial charge in [0, 0.05) is 7.11 Å². The number of rotatable bonds is 3. The Hall–Kier alpha value is -1.09. The lowest BCUT2D eigenvalue weighted by atomic mass is 9.92. The molecule has 0 amide bonds. The van der Waals surface area contributed by atoms with Gasteiger partial charge in [-0.25, -0.2) is 4.39 Å². The van der Waals surface area contributed by atoms with Gasteiger partial charge in [-0.1, -0.05) is 25.0 Å². The first-order valence-corrected chi connectivity index (χ1v) is 5.85. The molecule has 16 heavy (non-hydrogen) atoms. The first-order chi connectivity index (χ1) is 7.81. The average molecular weight is 223 g/mol. The third-order valence-electron chi connectivity index (χ3n) is 3.22. The minimum Gasteiger partial charge on any atom is -0.379 e. The van der Waals surface area contributed by atoms with Gasteiger partial charge in [-0.15, -0.1) is 0 Å². The maximum absolute atomic E-state index is 13.5. The summed E-state index contributed by atoms with van der Waals surface area (Å²) < 4.78 is 18.9. The molecule has 1 N–H and O–H groups in total. The second kappa shape index (κ2) is 5.30. The van der Waals surface area contributed by atoms with E-state index in [0.717, 1.165) is 12.8 Å². The molecule has 1 saturated carbocycles. The van der Waals surface area contributed by atoms with Crippen LogP contribution >= 0.6 is 0 Å². The van der Waals surface area contributed by atoms with Crippen molar-refractivity contribution in [1.82, 2.24) is 0 Å². The van der Waals surface area contributed by atoms with Crippen LogP contribution in [0.2, 0.25) is 0 Å². The maximum Gasteiger partial charge on any atom is 0.146 e. The third-order valence-corrected chi connectivity index (χ3v) is 3.22. The molecular formula is C13H18FNO. The van der Waals surface area contributed by atoms with Gasteiger partial charge in [0.25, 0.3) is 0 Å². The van der Waals surface area contributed by atoms with Crippen molar-refractivity contribution in [3.63, 3.8) is 0 Å². The summed E-state index contributed by atoms with van der Waals surface area (Å²) in [6.45, 7) is 0. The van der Waals surface area contributed by atoms with Gasteiger partial charge in [0.2, 0.25) is 0 Å². The summed E-state index contributed by atoms with van der Waals surface area (Å²) in [5, 5.41) is 3.25. The van der Waals surface area contributed by atoms with E-state index in [0.29, 0.717) is 5.69 Å². The lowest BCUT2D eigenvalue weighted by molar-refractivity contribution is 0.0605. The molecule has 0 spiro atoms. The van der Waals surface area contributed by atoms with Crippen LogP contribution < -0.4 is 5.32 Å². The third kappa shape index (κ3) is 2.53. The highest BCUT2D eigenvalue weighted by Gasteiger charge is 2.25. The molecule has 0 saturated heterocycles. The Morgan fingerprint density at radius 3 is 2.75 bits per heavy atom. The van der Waals surface area contributed by atoms with Crippen LogP contribution in [0, 0.1) is 5.82 Å². The second-order valence-corrected chi connectivity index (χ2v) is 4.29. The minimum absolute atomic E-state index is 0.192. The Balaban J connectivity index is 2.05. The van der Waals surface area contributed by atoms with Crippen LogP contribution in [-0.4, -0.2) is 19.3 Å². The maximum atomic E-state index is 13.5. The standard InChI is InChI=1S/C13H18FNO/c1-16-13-9-5-4-8-12(13)15-11-7-3-2-6-10(11)14/h2-3,6-7,12-13,15H,4-5,8-9H2,1H3/t12-,13-/m1/s1. The first kappa shape index (κ1) is 11.4. The van der Waals surface area contributed by atoms with Gasteiger partial charge >= 0.3 is 0 Å². The molecule has 2 nitrogen and oxygen atoms in total. The number of hydrogen-bond donors (Lipinski definition) is 1. The van der Waals surface area contributed by atoms with Crippen molar-refractivity contribution in [3.8, 4) is 0 Å². The van der Waals surface area contributed by atoms with Gasteiger partial charge < -0.3 is 10.1 Å². The van der Waals surface area contributed by atoms with Crippen molar-refractivity contribution in [3.05, 3.63) is 30.1 Å². The lowest BCUT2D eigenvalue weighted by Crippen LogP contribution is -2.37. The molecule has 0 heterocycles. The van der Waals surface area contributed by atoms with Gasteiger partial charge in [0.1, 0.15) is 5.82 Å². The number of hydrogen-bond acceptors (Lipinski definition) is 2. The monoisotopic (exact) mass is 223 g/mol. The molecule has 1 aromatic carbocycles. The summed E-state index contributed by atoms with van der Waals surface area (Å²) in [6.07, 6.45) is 4.70. The van der Waals surface area contributed by atoms with E-state index in [-0.39, 0.29) is 18.0 Å². The SMILES string of the molecule is CO[C@@H]1CCCC[C@H]1Nc1ccccc1F. The summed E-state index contributed by atoms with van der Waals surface area (Å²) in [5.41, 5.74) is 0.580. The van der Waals surface area contributed by atoms with E-state index in [1.807, 2.05) is 6.07 Å². The molecule has 0 aliphatic heterocycles. The second-order valence-electron chi connectivity index (χ2n) is 4.29. The van der Waals surface area contributed by atoms with Crippen LogP contribution in [0.5, 0.6) is 0 Å². The Bertz CT molecular complexity index is 342. The lowest BCUT2D eigenvalue weighted by Gasteiger charge is -2.31. The van der Waals surface area contributed by atoms with Gasteiger partial charge in [0.05, 0.1) is 17.8 Å². The number of benzene rings is 1. The van der Waals surface area contributed by atoms with Crippen molar-refractivity contribution in [1.29, 1.82) is 0 Å². The molecule has 1 fully saturated rings. The number of para-hydroxylation sites is 1. The highest BCUT2D eigenvalue weighted by atomic mass is 19.1. The highest BCUT2D eigenvalue weighted by Crippen LogP contribution is 2.25. The smallest absolute Gasteiger partial charge is 0.146 e. The van der Waals surface area contributed by atoms with Gasteiger partial charge in [-0.05, 0) is 25.0 Å². The predicted molar refractivity (Wildman–Crippen MR) is 63.1 cm³/mol. The fourth-order valence-electron chi connectivity index (χ4n) is 2.32. The summed E-state index contributed by atoms with van der Waals surface area (Å²) in [5.74, 6) is -0.192. The van der Waals surface area contributed by atoms with E-state index in [1.165, 1.54) is 18.9 Å². The molecule has 1 aliphatic carbocycles. The molecule has 1 aliphatic rings. The van der Waals surface area contributed by atoms with Crippen LogP contribution in [0.3, 0.4) is 0 Å². The highest BCUT2D eigenvalue weighted by molar-refractivity contribution is 5.45. The minimum atomic E-state index is -0.192. The van der Waals surface area contributed by atoms with E-state index in [1.54, 1.807) is 19.2 Å². The summed E-state index contributed by atoms with van der Waals surface area (Å²) in [6, 6.07) is 7.03. The van der Waals surface area contributed by atoms with E-state index >= 15 is 0 Å². The Morgan fingerprint density at radius 2 is 2.00 bits per heavy atom. The summed E-state index contributed by atoms with van der Waals surface area (Å²) in [7, 11) is 1.73. The number of anilines is 1. The largest absolute Gasteiger partial charge is 0.379 e. The normalized spacial score (nSPS) is 25.4. The Morgan fingerprint density at radius 1 is 1.25 bits per heavy atom. The molecule has 0 radical (unpaired) electrons. The van der Waals surface area contributed by atoms with Crippen molar-refractivity contribution in [2.24, 2.45) is 0 Å². The topological polar surface area (TPSA) is 21.3 Å². The van der Waals surface area contributed by atoms with Crippen LogP contribution in [0.25, 0.3) is 0 Å². The van der Waals surface area contributed by atoms with E-state index < -0.39 is 0 Å². The molecule has 2 rings (SSSR count). The van der Waals surface area contributed by atoms with Crippen LogP contribution in [-0.2, 0) is 4.74 Å². The van der Waals surface area contributed by atoms with Gasteiger partial charge in [-0.3, -0.25) is 0 Å². The number of nitrogens with one attached hydrogen (secondary N) is 1. The molecule has 0 bridgehead atoms. The molecular weight excluding hydrogens is 205 g/mol. The Labute approximate surface area is 95.8 Å². The van der Waals surface area contributed by atoms with E-state index in [2.05, 4.69) is 5.32 Å². The van der Waals surface area contributed by atoms with Gasteiger partial charge in [-0.2, -0.15) is 0 Å². The van der Waals surface area contributed by atoms with Crippen molar-refractivity contribution >= 4 is 5.69 Å². The fourth-order valence-corrected chi connectivity index (χ4v) is 2.32. The molecule has 0 unspecified atom stereocenters. The van der Waals surface area contributed by atoms with Crippen molar-refractivity contribution in [2.75, 3.05) is 12.4 Å². The van der Waals surface area contributed by atoms with Crippen LogP contribution in [0.15, 0.2) is 24.3 Å².